The van der Waals surface area contributed by atoms with Crippen LogP contribution in [0.5, 0.6) is 0 Å². The molecule has 2 heterocycles. The first-order valence-corrected chi connectivity index (χ1v) is 5.05. The maximum absolute atomic E-state index is 11.9. The summed E-state index contributed by atoms with van der Waals surface area (Å²) in [6, 6.07) is -0.151. The molecule has 2 fully saturated rings. The summed E-state index contributed by atoms with van der Waals surface area (Å²) < 4.78 is 10.4. The highest BCUT2D eigenvalue weighted by molar-refractivity contribution is 5.85. The number of carbonyl (C=O) groups excluding carboxylic acids is 1. The van der Waals surface area contributed by atoms with Gasteiger partial charge in [0, 0.05) is 19.6 Å². The van der Waals surface area contributed by atoms with Crippen molar-refractivity contribution in [3.63, 3.8) is 0 Å². The minimum atomic E-state index is -0.151. The summed E-state index contributed by atoms with van der Waals surface area (Å²) in [5.41, 5.74) is 0. The van der Waals surface area contributed by atoms with Crippen molar-refractivity contribution >= 4 is 18.3 Å². The standard InChI is InChI=1S/C9H16N2O3.ClH/c12-9(8-7-14-4-1-10-8)11-2-5-13-6-3-11;/h8,10H,1-7H2;1H/t8-;/m1./s1. The van der Waals surface area contributed by atoms with Gasteiger partial charge in [-0.3, -0.25) is 4.79 Å². The number of hydrogen-bond donors (Lipinski definition) is 1. The van der Waals surface area contributed by atoms with E-state index in [0.717, 1.165) is 6.54 Å². The number of rotatable bonds is 1. The van der Waals surface area contributed by atoms with E-state index in [1.54, 1.807) is 0 Å². The molecule has 6 heteroatoms. The molecule has 0 aromatic rings. The van der Waals surface area contributed by atoms with E-state index in [2.05, 4.69) is 5.32 Å². The van der Waals surface area contributed by atoms with Gasteiger partial charge in [-0.2, -0.15) is 0 Å². The Labute approximate surface area is 95.5 Å². The fourth-order valence-corrected chi connectivity index (χ4v) is 1.73. The predicted molar refractivity (Wildman–Crippen MR) is 57.3 cm³/mol. The van der Waals surface area contributed by atoms with Gasteiger partial charge in [-0.05, 0) is 0 Å². The average Bonchev–Trinajstić information content (AvgIpc) is 2.30. The van der Waals surface area contributed by atoms with Crippen molar-refractivity contribution in [1.82, 2.24) is 10.2 Å². The number of carbonyl (C=O) groups is 1. The second-order valence-electron chi connectivity index (χ2n) is 3.52. The molecule has 0 bridgehead atoms. The third kappa shape index (κ3) is 3.31. The van der Waals surface area contributed by atoms with Crippen molar-refractivity contribution in [2.45, 2.75) is 6.04 Å². The predicted octanol–water partition coefficient (Wildman–Crippen LogP) is -0.745. The van der Waals surface area contributed by atoms with Gasteiger partial charge in [-0.25, -0.2) is 0 Å². The summed E-state index contributed by atoms with van der Waals surface area (Å²) in [5, 5.41) is 3.16. The Kier molecular flexibility index (Phi) is 5.31. The van der Waals surface area contributed by atoms with Gasteiger partial charge in [0.05, 0.1) is 26.4 Å². The fraction of sp³-hybridized carbons (Fsp3) is 0.889. The zero-order valence-corrected chi connectivity index (χ0v) is 9.42. The Bertz CT molecular complexity index is 184. The van der Waals surface area contributed by atoms with Crippen molar-refractivity contribution < 1.29 is 14.3 Å². The first-order valence-electron chi connectivity index (χ1n) is 5.05. The number of halogens is 1. The van der Waals surface area contributed by atoms with Gasteiger partial charge in [-0.15, -0.1) is 12.4 Å². The molecule has 5 nitrogen and oxygen atoms in total. The summed E-state index contributed by atoms with van der Waals surface area (Å²) >= 11 is 0. The maximum Gasteiger partial charge on any atom is 0.242 e. The van der Waals surface area contributed by atoms with Crippen molar-refractivity contribution in [1.29, 1.82) is 0 Å². The molecule has 0 aromatic heterocycles. The van der Waals surface area contributed by atoms with E-state index in [9.17, 15) is 4.79 Å². The van der Waals surface area contributed by atoms with Crippen molar-refractivity contribution in [2.24, 2.45) is 0 Å². The fourth-order valence-electron chi connectivity index (χ4n) is 1.73. The van der Waals surface area contributed by atoms with Crippen LogP contribution in [-0.4, -0.2) is 62.9 Å². The molecule has 2 rings (SSSR count). The van der Waals surface area contributed by atoms with E-state index < -0.39 is 0 Å². The zero-order valence-electron chi connectivity index (χ0n) is 8.61. The second-order valence-corrected chi connectivity index (χ2v) is 3.52. The lowest BCUT2D eigenvalue weighted by atomic mass is 10.2. The molecule has 0 aromatic carbocycles. The van der Waals surface area contributed by atoms with Crippen LogP contribution in [0.2, 0.25) is 0 Å². The van der Waals surface area contributed by atoms with Gasteiger partial charge < -0.3 is 19.7 Å². The van der Waals surface area contributed by atoms with Gasteiger partial charge in [0.15, 0.2) is 0 Å². The van der Waals surface area contributed by atoms with Crippen LogP contribution in [0.1, 0.15) is 0 Å². The van der Waals surface area contributed by atoms with E-state index in [1.165, 1.54) is 0 Å². The monoisotopic (exact) mass is 236 g/mol. The molecule has 15 heavy (non-hydrogen) atoms. The number of amides is 1. The van der Waals surface area contributed by atoms with E-state index >= 15 is 0 Å². The molecule has 88 valence electrons. The van der Waals surface area contributed by atoms with Crippen LogP contribution in [0.4, 0.5) is 0 Å². The van der Waals surface area contributed by atoms with E-state index in [4.69, 9.17) is 9.47 Å². The number of nitrogens with zero attached hydrogens (tertiary/aromatic N) is 1. The molecule has 0 unspecified atom stereocenters. The Balaban J connectivity index is 0.00000112. The summed E-state index contributed by atoms with van der Waals surface area (Å²) in [6.07, 6.45) is 0. The van der Waals surface area contributed by atoms with Crippen LogP contribution in [0, 0.1) is 0 Å². The summed E-state index contributed by atoms with van der Waals surface area (Å²) in [7, 11) is 0. The molecular formula is C9H17ClN2O3. The first kappa shape index (κ1) is 12.7. The van der Waals surface area contributed by atoms with Crippen molar-refractivity contribution in [3.05, 3.63) is 0 Å². The zero-order chi connectivity index (χ0) is 9.80. The lowest BCUT2D eigenvalue weighted by molar-refractivity contribution is -0.140. The van der Waals surface area contributed by atoms with Crippen LogP contribution in [-0.2, 0) is 14.3 Å². The summed E-state index contributed by atoms with van der Waals surface area (Å²) in [4.78, 5) is 13.7. The number of morpholine rings is 2. The maximum atomic E-state index is 11.9. The van der Waals surface area contributed by atoms with Crippen molar-refractivity contribution in [3.8, 4) is 0 Å². The normalized spacial score (nSPS) is 26.9. The Hall–Kier alpha value is -0.360. The highest BCUT2D eigenvalue weighted by Gasteiger charge is 2.26. The third-order valence-corrected chi connectivity index (χ3v) is 2.54. The molecular weight excluding hydrogens is 220 g/mol. The molecule has 2 saturated heterocycles. The molecule has 2 aliphatic heterocycles. The van der Waals surface area contributed by atoms with Gasteiger partial charge >= 0.3 is 0 Å². The van der Waals surface area contributed by atoms with Gasteiger partial charge in [0.25, 0.3) is 0 Å². The summed E-state index contributed by atoms with van der Waals surface area (Å²) in [6.45, 7) is 4.68. The molecule has 1 amide bonds. The molecule has 1 atom stereocenters. The minimum absolute atomic E-state index is 0. The molecule has 1 N–H and O–H groups in total. The van der Waals surface area contributed by atoms with Crippen LogP contribution < -0.4 is 5.32 Å². The van der Waals surface area contributed by atoms with Crippen LogP contribution in [0.3, 0.4) is 0 Å². The lowest BCUT2D eigenvalue weighted by Crippen LogP contribution is -2.54. The van der Waals surface area contributed by atoms with E-state index in [-0.39, 0.29) is 24.4 Å². The van der Waals surface area contributed by atoms with Gasteiger partial charge in [-0.1, -0.05) is 0 Å². The molecule has 2 aliphatic rings. The number of ether oxygens (including phenoxy) is 2. The second kappa shape index (κ2) is 6.27. The largest absolute Gasteiger partial charge is 0.378 e. The smallest absolute Gasteiger partial charge is 0.242 e. The quantitative estimate of drug-likeness (QED) is 0.651. The topological polar surface area (TPSA) is 50.8 Å². The Morgan fingerprint density at radius 1 is 1.20 bits per heavy atom. The summed E-state index contributed by atoms with van der Waals surface area (Å²) in [5.74, 6) is 0.146. The Morgan fingerprint density at radius 3 is 2.53 bits per heavy atom. The molecule has 0 spiro atoms. The van der Waals surface area contributed by atoms with E-state index in [1.807, 2.05) is 4.90 Å². The SMILES string of the molecule is Cl.O=C([C@H]1COCCN1)N1CCOCC1. The number of hydrogen-bond acceptors (Lipinski definition) is 4. The minimum Gasteiger partial charge on any atom is -0.378 e. The highest BCUT2D eigenvalue weighted by atomic mass is 35.5. The third-order valence-electron chi connectivity index (χ3n) is 2.54. The van der Waals surface area contributed by atoms with Gasteiger partial charge in [0.2, 0.25) is 5.91 Å². The Morgan fingerprint density at radius 2 is 1.93 bits per heavy atom. The molecule has 0 aliphatic carbocycles. The lowest BCUT2D eigenvalue weighted by Gasteiger charge is -2.32. The van der Waals surface area contributed by atoms with Gasteiger partial charge in [0.1, 0.15) is 6.04 Å². The van der Waals surface area contributed by atoms with Crippen LogP contribution in [0.25, 0.3) is 0 Å². The van der Waals surface area contributed by atoms with Crippen LogP contribution >= 0.6 is 12.4 Å². The molecule has 0 radical (unpaired) electrons. The van der Waals surface area contributed by atoms with Crippen molar-refractivity contribution in [2.75, 3.05) is 46.1 Å². The number of nitrogens with one attached hydrogen (secondary N) is 1. The van der Waals surface area contributed by atoms with Crippen LogP contribution in [0.15, 0.2) is 0 Å². The first-order chi connectivity index (χ1) is 6.88. The molecule has 0 saturated carbocycles. The van der Waals surface area contributed by atoms with E-state index in [0.29, 0.717) is 39.5 Å². The highest BCUT2D eigenvalue weighted by Crippen LogP contribution is 2.03. The average molecular weight is 237 g/mol.